The van der Waals surface area contributed by atoms with Gasteiger partial charge >= 0.3 is 0 Å². The van der Waals surface area contributed by atoms with Crippen molar-refractivity contribution in [3.8, 4) is 0 Å². The third-order valence-electron chi connectivity index (χ3n) is 1.59. The zero-order valence-electron chi connectivity index (χ0n) is 7.48. The Morgan fingerprint density at radius 2 is 2.20 bits per heavy atom. The number of rotatable bonds is 3. The van der Waals surface area contributed by atoms with Gasteiger partial charge in [0.15, 0.2) is 4.47 Å². The highest BCUT2D eigenvalue weighted by molar-refractivity contribution is 9.10. The predicted molar refractivity (Wildman–Crippen MR) is 68.6 cm³/mol. The first kappa shape index (κ1) is 11.4. The Morgan fingerprint density at radius 1 is 1.33 bits per heavy atom. The molecule has 0 spiro atoms. The van der Waals surface area contributed by atoms with E-state index in [0.717, 1.165) is 20.1 Å². The van der Waals surface area contributed by atoms with Crippen LogP contribution in [0.5, 0.6) is 0 Å². The second kappa shape index (κ2) is 5.30. The largest absolute Gasteiger partial charge is 0.249 e. The van der Waals surface area contributed by atoms with E-state index in [0.29, 0.717) is 4.47 Å². The van der Waals surface area contributed by atoms with Crippen LogP contribution in [0.1, 0.15) is 4.88 Å². The number of hydrogen-bond donors (Lipinski definition) is 0. The Hall–Kier alpha value is -0.100. The van der Waals surface area contributed by atoms with Gasteiger partial charge in [-0.05, 0) is 28.1 Å². The van der Waals surface area contributed by atoms with E-state index in [9.17, 15) is 0 Å². The maximum Gasteiger partial charge on any atom is 0.183 e. The van der Waals surface area contributed by atoms with Crippen molar-refractivity contribution in [3.63, 3.8) is 0 Å². The van der Waals surface area contributed by atoms with Crippen LogP contribution in [0.15, 0.2) is 34.0 Å². The van der Waals surface area contributed by atoms with Gasteiger partial charge in [0.2, 0.25) is 0 Å². The molecule has 0 atom stereocenters. The van der Waals surface area contributed by atoms with E-state index in [1.807, 2.05) is 12.1 Å². The van der Waals surface area contributed by atoms with Crippen LogP contribution in [-0.2, 0) is 5.75 Å². The topological polar surface area (TPSA) is 25.8 Å². The highest BCUT2D eigenvalue weighted by Crippen LogP contribution is 2.26. The fourth-order valence-corrected chi connectivity index (χ4v) is 3.02. The van der Waals surface area contributed by atoms with Crippen molar-refractivity contribution in [2.75, 3.05) is 0 Å². The van der Waals surface area contributed by atoms with E-state index in [4.69, 9.17) is 11.6 Å². The van der Waals surface area contributed by atoms with Gasteiger partial charge in [-0.1, -0.05) is 11.6 Å². The highest BCUT2D eigenvalue weighted by atomic mass is 79.9. The van der Waals surface area contributed by atoms with Crippen LogP contribution in [0.25, 0.3) is 0 Å². The summed E-state index contributed by atoms with van der Waals surface area (Å²) in [7, 11) is 0. The van der Waals surface area contributed by atoms with Crippen molar-refractivity contribution in [1.29, 1.82) is 0 Å². The SMILES string of the molecule is Clc1ncc(CSc2ccc(Br)cn2)s1. The van der Waals surface area contributed by atoms with Crippen LogP contribution in [0.3, 0.4) is 0 Å². The number of halogens is 2. The number of pyridine rings is 1. The summed E-state index contributed by atoms with van der Waals surface area (Å²) in [4.78, 5) is 9.41. The van der Waals surface area contributed by atoms with Crippen LogP contribution in [-0.4, -0.2) is 9.97 Å². The molecule has 78 valence electrons. The van der Waals surface area contributed by atoms with Crippen LogP contribution < -0.4 is 0 Å². The maximum absolute atomic E-state index is 5.74. The molecule has 0 fully saturated rings. The van der Waals surface area contributed by atoms with Crippen molar-refractivity contribution in [1.82, 2.24) is 9.97 Å². The summed E-state index contributed by atoms with van der Waals surface area (Å²) in [6, 6.07) is 3.96. The van der Waals surface area contributed by atoms with Gasteiger partial charge in [-0.15, -0.1) is 23.1 Å². The van der Waals surface area contributed by atoms with Crippen molar-refractivity contribution in [2.24, 2.45) is 0 Å². The Labute approximate surface area is 109 Å². The first-order valence-corrected chi connectivity index (χ1v) is 7.06. The summed E-state index contributed by atoms with van der Waals surface area (Å²) in [5.41, 5.74) is 0. The molecular formula is C9H6BrClN2S2. The number of aromatic nitrogens is 2. The second-order valence-electron chi connectivity index (χ2n) is 2.68. The molecule has 2 rings (SSSR count). The molecule has 0 aromatic carbocycles. The summed E-state index contributed by atoms with van der Waals surface area (Å²) in [5, 5.41) is 1.00. The summed E-state index contributed by atoms with van der Waals surface area (Å²) in [5.74, 6) is 0.860. The number of hydrogen-bond acceptors (Lipinski definition) is 4. The maximum atomic E-state index is 5.74. The molecule has 2 nitrogen and oxygen atoms in total. The Bertz CT molecular complexity index is 444. The van der Waals surface area contributed by atoms with Crippen LogP contribution in [0.2, 0.25) is 4.47 Å². The molecule has 0 unspecified atom stereocenters. The molecule has 0 saturated heterocycles. The average molecular weight is 322 g/mol. The first-order chi connectivity index (χ1) is 7.24. The monoisotopic (exact) mass is 320 g/mol. The van der Waals surface area contributed by atoms with Gasteiger partial charge in [-0.25, -0.2) is 9.97 Å². The van der Waals surface area contributed by atoms with Gasteiger partial charge in [-0.2, -0.15) is 0 Å². The lowest BCUT2D eigenvalue weighted by atomic mass is 10.5. The Balaban J connectivity index is 1.96. The highest BCUT2D eigenvalue weighted by Gasteiger charge is 2.01. The predicted octanol–water partition coefficient (Wildman–Crippen LogP) is 4.25. The van der Waals surface area contributed by atoms with Crippen molar-refractivity contribution in [2.45, 2.75) is 10.8 Å². The van der Waals surface area contributed by atoms with Crippen LogP contribution >= 0.6 is 50.6 Å². The summed E-state index contributed by atoms with van der Waals surface area (Å²) < 4.78 is 1.59. The Kier molecular flexibility index (Phi) is 4.02. The molecule has 0 N–H and O–H groups in total. The van der Waals surface area contributed by atoms with E-state index in [2.05, 4.69) is 25.9 Å². The lowest BCUT2D eigenvalue weighted by molar-refractivity contribution is 1.12. The molecule has 0 aliphatic heterocycles. The van der Waals surface area contributed by atoms with E-state index >= 15 is 0 Å². The standard InChI is InChI=1S/C9H6BrClN2S2/c10-6-1-2-8(12-3-6)14-5-7-4-13-9(11)15-7/h1-4H,5H2. The average Bonchev–Trinajstić information content (AvgIpc) is 2.64. The molecule has 15 heavy (non-hydrogen) atoms. The van der Waals surface area contributed by atoms with Crippen LogP contribution in [0.4, 0.5) is 0 Å². The van der Waals surface area contributed by atoms with Gasteiger partial charge in [0, 0.05) is 27.5 Å². The lowest BCUT2D eigenvalue weighted by Gasteiger charge is -1.97. The third-order valence-corrected chi connectivity index (χ3v) is 4.35. The fraction of sp³-hybridized carbons (Fsp3) is 0.111. The quantitative estimate of drug-likeness (QED) is 0.791. The fourth-order valence-electron chi connectivity index (χ4n) is 0.943. The molecule has 0 amide bonds. The van der Waals surface area contributed by atoms with Gasteiger partial charge in [0.1, 0.15) is 0 Å². The molecule has 0 radical (unpaired) electrons. The van der Waals surface area contributed by atoms with Crippen molar-refractivity contribution in [3.05, 3.63) is 38.3 Å². The number of thiazole rings is 1. The molecule has 6 heteroatoms. The molecule has 2 aromatic rings. The minimum atomic E-state index is 0.592. The van der Waals surface area contributed by atoms with Gasteiger partial charge in [-0.3, -0.25) is 0 Å². The molecule has 0 aliphatic rings. The van der Waals surface area contributed by atoms with Gasteiger partial charge < -0.3 is 0 Å². The molecule has 2 heterocycles. The van der Waals surface area contributed by atoms with Crippen molar-refractivity contribution < 1.29 is 0 Å². The van der Waals surface area contributed by atoms with Crippen molar-refractivity contribution >= 4 is 50.6 Å². The molecule has 0 saturated carbocycles. The minimum Gasteiger partial charge on any atom is -0.249 e. The summed E-state index contributed by atoms with van der Waals surface area (Å²) in [6.07, 6.45) is 3.60. The van der Waals surface area contributed by atoms with Gasteiger partial charge in [0.05, 0.1) is 5.03 Å². The van der Waals surface area contributed by atoms with E-state index in [1.165, 1.54) is 11.3 Å². The third kappa shape index (κ3) is 3.45. The molecule has 2 aromatic heterocycles. The summed E-state index contributed by atoms with van der Waals surface area (Å²) in [6.45, 7) is 0. The normalized spacial score (nSPS) is 10.5. The van der Waals surface area contributed by atoms with Crippen LogP contribution in [0, 0.1) is 0 Å². The van der Waals surface area contributed by atoms with E-state index in [-0.39, 0.29) is 0 Å². The minimum absolute atomic E-state index is 0.592. The smallest absolute Gasteiger partial charge is 0.183 e. The number of thioether (sulfide) groups is 1. The molecule has 0 aliphatic carbocycles. The number of nitrogens with zero attached hydrogens (tertiary/aromatic N) is 2. The zero-order chi connectivity index (χ0) is 10.7. The molecule has 0 bridgehead atoms. The lowest BCUT2D eigenvalue weighted by Crippen LogP contribution is -1.79. The summed E-state index contributed by atoms with van der Waals surface area (Å²) >= 11 is 12.3. The zero-order valence-corrected chi connectivity index (χ0v) is 11.5. The second-order valence-corrected chi connectivity index (χ2v) is 6.29. The van der Waals surface area contributed by atoms with E-state index in [1.54, 1.807) is 24.2 Å². The van der Waals surface area contributed by atoms with Gasteiger partial charge in [0.25, 0.3) is 0 Å². The Morgan fingerprint density at radius 3 is 2.80 bits per heavy atom. The molecular weight excluding hydrogens is 316 g/mol. The van der Waals surface area contributed by atoms with E-state index < -0.39 is 0 Å². The first-order valence-electron chi connectivity index (χ1n) is 4.08.